The zero-order valence-corrected chi connectivity index (χ0v) is 9.75. The van der Waals surface area contributed by atoms with Crippen LogP contribution in [0.2, 0.25) is 0 Å². The molecule has 5 nitrogen and oxygen atoms in total. The maximum Gasteiger partial charge on any atom is 0.332 e. The second-order valence-corrected chi connectivity index (χ2v) is 3.46. The molecule has 0 aliphatic heterocycles. The molecule has 1 N–H and O–H groups in total. The molecule has 0 radical (unpaired) electrons. The molecule has 0 bridgehead atoms. The summed E-state index contributed by atoms with van der Waals surface area (Å²) in [7, 11) is 0. The average molecular weight is 219 g/mol. The highest BCUT2D eigenvalue weighted by atomic mass is 16.6. The molecule has 0 amide bonds. The molecule has 0 aromatic rings. The Bertz CT molecular complexity index is 162. The molecule has 0 aromatic heterocycles. The first-order valence-electron chi connectivity index (χ1n) is 5.24. The summed E-state index contributed by atoms with van der Waals surface area (Å²) in [5, 5.41) is 0. The van der Waals surface area contributed by atoms with E-state index in [4.69, 9.17) is 9.57 Å². The number of esters is 1. The molecule has 0 fully saturated rings. The zero-order chi connectivity index (χ0) is 11.5. The first-order chi connectivity index (χ1) is 7.16. The molecule has 0 heterocycles. The molecule has 0 spiro atoms. The third kappa shape index (κ3) is 11.3. The average Bonchev–Trinajstić information content (AvgIpc) is 2.16. The first-order valence-corrected chi connectivity index (χ1v) is 5.24. The molecule has 5 heteroatoms. The summed E-state index contributed by atoms with van der Waals surface area (Å²) in [6, 6.07) is 0. The van der Waals surface area contributed by atoms with Gasteiger partial charge in [0.25, 0.3) is 0 Å². The zero-order valence-electron chi connectivity index (χ0n) is 9.75. The smallest absolute Gasteiger partial charge is 0.332 e. The van der Waals surface area contributed by atoms with Gasteiger partial charge in [-0.25, -0.2) is 10.3 Å². The Labute approximate surface area is 91.0 Å². The van der Waals surface area contributed by atoms with E-state index in [1.165, 1.54) is 0 Å². The van der Waals surface area contributed by atoms with Crippen molar-refractivity contribution in [2.75, 3.05) is 33.0 Å². The normalized spacial score (nSPS) is 10.7. The maximum absolute atomic E-state index is 10.8. The fourth-order valence-electron chi connectivity index (χ4n) is 0.770. The Hall–Kier alpha value is -0.650. The number of rotatable bonds is 9. The van der Waals surface area contributed by atoms with E-state index in [0.717, 1.165) is 0 Å². The van der Waals surface area contributed by atoms with Crippen molar-refractivity contribution in [2.24, 2.45) is 5.92 Å². The number of carbonyl (C=O) groups excluding carboxylic acids is 1. The molecular weight excluding hydrogens is 198 g/mol. The van der Waals surface area contributed by atoms with E-state index in [0.29, 0.717) is 32.3 Å². The molecule has 0 atom stereocenters. The van der Waals surface area contributed by atoms with Gasteiger partial charge in [-0.05, 0) is 12.8 Å². The summed E-state index contributed by atoms with van der Waals surface area (Å²) in [6.07, 6.45) is 0. The van der Waals surface area contributed by atoms with E-state index < -0.39 is 0 Å². The van der Waals surface area contributed by atoms with Crippen LogP contribution in [0, 0.1) is 5.92 Å². The van der Waals surface area contributed by atoms with E-state index >= 15 is 0 Å². The quantitative estimate of drug-likeness (QED) is 0.352. The Morgan fingerprint density at radius 1 is 1.40 bits per heavy atom. The predicted octanol–water partition coefficient (Wildman–Crippen LogP) is 0.743. The molecule has 0 aliphatic carbocycles. The first kappa shape index (κ1) is 14.3. The van der Waals surface area contributed by atoms with Crippen LogP contribution < -0.4 is 5.48 Å². The molecule has 0 saturated carbocycles. The molecule has 0 aromatic carbocycles. The lowest BCUT2D eigenvalue weighted by atomic mass is 10.2. The van der Waals surface area contributed by atoms with Gasteiger partial charge in [-0.15, -0.1) is 0 Å². The molecule has 0 saturated heterocycles. The van der Waals surface area contributed by atoms with Gasteiger partial charge in [0, 0.05) is 6.54 Å². The summed E-state index contributed by atoms with van der Waals surface area (Å²) < 4.78 is 9.72. The highest BCUT2D eigenvalue weighted by Gasteiger charge is 2.00. The van der Waals surface area contributed by atoms with Crippen molar-refractivity contribution in [3.8, 4) is 0 Å². The van der Waals surface area contributed by atoms with Crippen LogP contribution >= 0.6 is 0 Å². The SMILES string of the molecule is CCOC(=O)COCCNOCC(C)C. The van der Waals surface area contributed by atoms with Gasteiger partial charge in [-0.3, -0.25) is 0 Å². The largest absolute Gasteiger partial charge is 0.464 e. The minimum Gasteiger partial charge on any atom is -0.464 e. The second kappa shape index (κ2) is 9.89. The Morgan fingerprint density at radius 2 is 2.13 bits per heavy atom. The number of nitrogens with one attached hydrogen (secondary N) is 1. The number of hydrogen-bond donors (Lipinski definition) is 1. The predicted molar refractivity (Wildman–Crippen MR) is 56.2 cm³/mol. The van der Waals surface area contributed by atoms with E-state index in [2.05, 4.69) is 24.1 Å². The van der Waals surface area contributed by atoms with Crippen LogP contribution in [0.1, 0.15) is 20.8 Å². The summed E-state index contributed by atoms with van der Waals surface area (Å²) in [4.78, 5) is 15.9. The van der Waals surface area contributed by atoms with Crippen molar-refractivity contribution in [3.05, 3.63) is 0 Å². The van der Waals surface area contributed by atoms with Crippen LogP contribution in [0.15, 0.2) is 0 Å². The number of hydrogen-bond acceptors (Lipinski definition) is 5. The molecule has 90 valence electrons. The third-order valence-electron chi connectivity index (χ3n) is 1.39. The van der Waals surface area contributed by atoms with Crippen LogP contribution in [0.4, 0.5) is 0 Å². The minimum atomic E-state index is -0.333. The van der Waals surface area contributed by atoms with Gasteiger partial charge in [-0.2, -0.15) is 0 Å². The number of ether oxygens (including phenoxy) is 2. The molecule has 0 rings (SSSR count). The van der Waals surface area contributed by atoms with E-state index in [9.17, 15) is 4.79 Å². The van der Waals surface area contributed by atoms with E-state index in [-0.39, 0.29) is 12.6 Å². The van der Waals surface area contributed by atoms with Gasteiger partial charge in [-0.1, -0.05) is 13.8 Å². The Kier molecular flexibility index (Phi) is 9.46. The fourth-order valence-corrected chi connectivity index (χ4v) is 0.770. The monoisotopic (exact) mass is 219 g/mol. The lowest BCUT2D eigenvalue weighted by Gasteiger charge is -2.08. The summed E-state index contributed by atoms with van der Waals surface area (Å²) >= 11 is 0. The summed E-state index contributed by atoms with van der Waals surface area (Å²) in [6.45, 7) is 7.94. The standard InChI is InChI=1S/C10H21NO4/c1-4-14-10(12)8-13-6-5-11-15-7-9(2)3/h9,11H,4-8H2,1-3H3. The van der Waals surface area contributed by atoms with Gasteiger partial charge in [0.05, 0.1) is 19.8 Å². The van der Waals surface area contributed by atoms with E-state index in [1.807, 2.05) is 0 Å². The Balaban J connectivity index is 3.08. The van der Waals surface area contributed by atoms with Gasteiger partial charge in [0.1, 0.15) is 6.61 Å². The van der Waals surface area contributed by atoms with Crippen LogP contribution in [0.25, 0.3) is 0 Å². The van der Waals surface area contributed by atoms with Gasteiger partial charge in [0.15, 0.2) is 0 Å². The van der Waals surface area contributed by atoms with Crippen molar-refractivity contribution in [1.29, 1.82) is 0 Å². The van der Waals surface area contributed by atoms with Crippen LogP contribution in [0.3, 0.4) is 0 Å². The number of hydroxylamine groups is 1. The molecule has 0 aliphatic rings. The number of carbonyl (C=O) groups is 1. The fraction of sp³-hybridized carbons (Fsp3) is 0.900. The van der Waals surface area contributed by atoms with Crippen molar-refractivity contribution < 1.29 is 19.1 Å². The minimum absolute atomic E-state index is 0.000297. The third-order valence-corrected chi connectivity index (χ3v) is 1.39. The highest BCUT2D eigenvalue weighted by Crippen LogP contribution is 1.89. The van der Waals surface area contributed by atoms with Crippen molar-refractivity contribution in [1.82, 2.24) is 5.48 Å². The van der Waals surface area contributed by atoms with Crippen LogP contribution in [0.5, 0.6) is 0 Å². The van der Waals surface area contributed by atoms with Gasteiger partial charge < -0.3 is 14.3 Å². The van der Waals surface area contributed by atoms with Crippen LogP contribution in [-0.4, -0.2) is 38.9 Å². The molecular formula is C10H21NO4. The topological polar surface area (TPSA) is 56.8 Å². The van der Waals surface area contributed by atoms with Crippen molar-refractivity contribution in [2.45, 2.75) is 20.8 Å². The molecule has 15 heavy (non-hydrogen) atoms. The van der Waals surface area contributed by atoms with Crippen LogP contribution in [-0.2, 0) is 19.1 Å². The van der Waals surface area contributed by atoms with Crippen molar-refractivity contribution >= 4 is 5.97 Å². The summed E-state index contributed by atoms with van der Waals surface area (Å²) in [5.41, 5.74) is 2.75. The van der Waals surface area contributed by atoms with Gasteiger partial charge >= 0.3 is 5.97 Å². The lowest BCUT2D eigenvalue weighted by molar-refractivity contribution is -0.148. The maximum atomic E-state index is 10.8. The van der Waals surface area contributed by atoms with E-state index in [1.54, 1.807) is 6.92 Å². The molecule has 0 unspecified atom stereocenters. The second-order valence-electron chi connectivity index (χ2n) is 3.46. The highest BCUT2D eigenvalue weighted by molar-refractivity contribution is 5.70. The summed E-state index contributed by atoms with van der Waals surface area (Å²) in [5.74, 6) is 0.165. The lowest BCUT2D eigenvalue weighted by Crippen LogP contribution is -2.24. The Morgan fingerprint density at radius 3 is 2.73 bits per heavy atom. The van der Waals surface area contributed by atoms with Gasteiger partial charge in [0.2, 0.25) is 0 Å². The van der Waals surface area contributed by atoms with Crippen molar-refractivity contribution in [3.63, 3.8) is 0 Å².